The van der Waals surface area contributed by atoms with E-state index in [0.29, 0.717) is 12.3 Å². The second-order valence-corrected chi connectivity index (χ2v) is 8.29. The van der Waals surface area contributed by atoms with Crippen LogP contribution in [0.2, 0.25) is 0 Å². The summed E-state index contributed by atoms with van der Waals surface area (Å²) in [5, 5.41) is 2.61. The fourth-order valence-corrected chi connectivity index (χ4v) is 5.22. The average molecular weight is 315 g/mol. The van der Waals surface area contributed by atoms with Crippen molar-refractivity contribution in [1.29, 1.82) is 0 Å². The predicted octanol–water partition coefficient (Wildman–Crippen LogP) is 1.11. The second kappa shape index (κ2) is 6.78. The Kier molecular flexibility index (Phi) is 5.29. The molecule has 0 saturated carbocycles. The molecule has 112 valence electrons. The highest BCUT2D eigenvalue weighted by Gasteiger charge is 2.33. The van der Waals surface area contributed by atoms with E-state index in [2.05, 4.69) is 10.3 Å². The van der Waals surface area contributed by atoms with Gasteiger partial charge in [0, 0.05) is 30.3 Å². The Morgan fingerprint density at radius 1 is 1.50 bits per heavy atom. The molecule has 7 heteroatoms. The van der Waals surface area contributed by atoms with Crippen LogP contribution in [0.3, 0.4) is 0 Å². The Morgan fingerprint density at radius 2 is 2.30 bits per heavy atom. The molecular formula is C13H21N3O2S2. The minimum atomic E-state index is -3.09. The summed E-state index contributed by atoms with van der Waals surface area (Å²) in [6.07, 6.45) is 0. The van der Waals surface area contributed by atoms with Crippen LogP contribution in [0.1, 0.15) is 12.6 Å². The molecule has 1 N–H and O–H groups in total. The van der Waals surface area contributed by atoms with Crippen LogP contribution in [0.4, 0.5) is 5.82 Å². The second-order valence-electron chi connectivity index (χ2n) is 4.69. The molecule has 20 heavy (non-hydrogen) atoms. The molecule has 1 unspecified atom stereocenters. The molecule has 1 aliphatic rings. The van der Waals surface area contributed by atoms with Gasteiger partial charge in [0.15, 0.2) is 9.84 Å². The fraction of sp³-hybridized carbons (Fsp3) is 0.615. The Labute approximate surface area is 125 Å². The number of nitrogens with zero attached hydrogens (tertiary/aromatic N) is 2. The van der Waals surface area contributed by atoms with Crippen molar-refractivity contribution in [3.8, 4) is 0 Å². The average Bonchev–Trinajstić information content (AvgIpc) is 2.48. The lowest BCUT2D eigenvalue weighted by atomic mass is 10.3. The summed E-state index contributed by atoms with van der Waals surface area (Å²) in [6.45, 7) is 3.11. The first-order valence-electron chi connectivity index (χ1n) is 6.75. The predicted molar refractivity (Wildman–Crippen MR) is 84.9 cm³/mol. The molecule has 1 aromatic rings. The number of pyridine rings is 1. The van der Waals surface area contributed by atoms with E-state index in [1.54, 1.807) is 18.7 Å². The normalized spacial score (nSPS) is 20.1. The number of aromatic nitrogens is 1. The van der Waals surface area contributed by atoms with Gasteiger partial charge in [-0.2, -0.15) is 11.8 Å². The lowest BCUT2D eigenvalue weighted by molar-refractivity contribution is 0.578. The molecule has 2 rings (SSSR count). The maximum atomic E-state index is 12.3. The number of hydrogen-bond donors (Lipinski definition) is 1. The summed E-state index contributed by atoms with van der Waals surface area (Å²) in [7, 11) is -1.22. The van der Waals surface area contributed by atoms with E-state index in [9.17, 15) is 8.42 Å². The van der Waals surface area contributed by atoms with Crippen LogP contribution in [0.5, 0.6) is 0 Å². The SMILES string of the molecule is CCS(=O)(=O)C1CSCCN1c1cccc(CNC)n1. The first-order valence-corrected chi connectivity index (χ1v) is 9.62. The maximum Gasteiger partial charge on any atom is 0.171 e. The molecule has 2 heterocycles. The zero-order chi connectivity index (χ0) is 14.6. The molecule has 1 aromatic heterocycles. The Bertz CT molecular complexity index is 548. The van der Waals surface area contributed by atoms with E-state index in [1.165, 1.54) is 0 Å². The standard InChI is InChI=1S/C13H21N3O2S2/c1-3-20(17,18)13-10-19-8-7-16(13)12-6-4-5-11(15-12)9-14-2/h4-6,13-14H,3,7-10H2,1-2H3. The van der Waals surface area contributed by atoms with E-state index < -0.39 is 15.2 Å². The molecule has 0 aliphatic carbocycles. The van der Waals surface area contributed by atoms with Crippen LogP contribution < -0.4 is 10.2 Å². The molecule has 1 saturated heterocycles. The number of sulfone groups is 1. The number of nitrogens with one attached hydrogen (secondary N) is 1. The van der Waals surface area contributed by atoms with Gasteiger partial charge in [0.1, 0.15) is 11.2 Å². The summed E-state index contributed by atoms with van der Waals surface area (Å²) in [6, 6.07) is 5.78. The van der Waals surface area contributed by atoms with Gasteiger partial charge in [0.25, 0.3) is 0 Å². The molecule has 0 amide bonds. The quantitative estimate of drug-likeness (QED) is 0.878. The van der Waals surface area contributed by atoms with Gasteiger partial charge in [-0.1, -0.05) is 13.0 Å². The highest BCUT2D eigenvalue weighted by atomic mass is 32.2. The van der Waals surface area contributed by atoms with Crippen molar-refractivity contribution in [3.05, 3.63) is 23.9 Å². The van der Waals surface area contributed by atoms with E-state index in [-0.39, 0.29) is 5.75 Å². The zero-order valence-corrected chi connectivity index (χ0v) is 13.5. The molecule has 0 spiro atoms. The molecule has 1 fully saturated rings. The summed E-state index contributed by atoms with van der Waals surface area (Å²) in [5.41, 5.74) is 0.927. The topological polar surface area (TPSA) is 62.3 Å². The lowest BCUT2D eigenvalue weighted by Crippen LogP contribution is -2.48. The largest absolute Gasteiger partial charge is 0.338 e. The van der Waals surface area contributed by atoms with Crippen molar-refractivity contribution in [1.82, 2.24) is 10.3 Å². The van der Waals surface area contributed by atoms with E-state index in [0.717, 1.165) is 23.8 Å². The van der Waals surface area contributed by atoms with Crippen LogP contribution in [0.15, 0.2) is 18.2 Å². The number of rotatable bonds is 5. The monoisotopic (exact) mass is 315 g/mol. The van der Waals surface area contributed by atoms with E-state index >= 15 is 0 Å². The van der Waals surface area contributed by atoms with Crippen LogP contribution in [-0.4, -0.2) is 49.6 Å². The third kappa shape index (κ3) is 3.45. The zero-order valence-electron chi connectivity index (χ0n) is 11.9. The summed E-state index contributed by atoms with van der Waals surface area (Å²) < 4.78 is 24.5. The van der Waals surface area contributed by atoms with Gasteiger partial charge in [-0.25, -0.2) is 13.4 Å². The van der Waals surface area contributed by atoms with Gasteiger partial charge >= 0.3 is 0 Å². The molecule has 0 aromatic carbocycles. The van der Waals surface area contributed by atoms with Gasteiger partial charge < -0.3 is 10.2 Å². The molecular weight excluding hydrogens is 294 g/mol. The van der Waals surface area contributed by atoms with E-state index in [4.69, 9.17) is 0 Å². The van der Waals surface area contributed by atoms with Crippen molar-refractivity contribution in [2.24, 2.45) is 0 Å². The molecule has 1 aliphatic heterocycles. The maximum absolute atomic E-state index is 12.3. The molecule has 1 atom stereocenters. The van der Waals surface area contributed by atoms with Gasteiger partial charge in [0.05, 0.1) is 5.69 Å². The molecule has 0 radical (unpaired) electrons. The van der Waals surface area contributed by atoms with Gasteiger partial charge in [-0.05, 0) is 19.2 Å². The first-order chi connectivity index (χ1) is 9.58. The smallest absolute Gasteiger partial charge is 0.171 e. The van der Waals surface area contributed by atoms with E-state index in [1.807, 2.05) is 30.1 Å². The van der Waals surface area contributed by atoms with Crippen LogP contribution in [0.25, 0.3) is 0 Å². The highest BCUT2D eigenvalue weighted by Crippen LogP contribution is 2.26. The van der Waals surface area contributed by atoms with Crippen molar-refractivity contribution >= 4 is 27.4 Å². The minimum absolute atomic E-state index is 0.172. The Morgan fingerprint density at radius 3 is 3.00 bits per heavy atom. The highest BCUT2D eigenvalue weighted by molar-refractivity contribution is 8.01. The molecule has 5 nitrogen and oxygen atoms in total. The fourth-order valence-electron chi connectivity index (χ4n) is 2.24. The first kappa shape index (κ1) is 15.6. The lowest BCUT2D eigenvalue weighted by Gasteiger charge is -2.35. The number of anilines is 1. The van der Waals surface area contributed by atoms with Gasteiger partial charge in [0.2, 0.25) is 0 Å². The molecule has 0 bridgehead atoms. The third-order valence-electron chi connectivity index (χ3n) is 3.35. The van der Waals surface area contributed by atoms with Crippen LogP contribution >= 0.6 is 11.8 Å². The van der Waals surface area contributed by atoms with Crippen molar-refractivity contribution in [2.75, 3.05) is 35.8 Å². The summed E-state index contributed by atoms with van der Waals surface area (Å²) >= 11 is 1.70. The minimum Gasteiger partial charge on any atom is -0.338 e. The summed E-state index contributed by atoms with van der Waals surface area (Å²) in [5.74, 6) is 2.49. The number of thioether (sulfide) groups is 1. The van der Waals surface area contributed by atoms with Crippen molar-refractivity contribution < 1.29 is 8.42 Å². The Balaban J connectivity index is 2.30. The van der Waals surface area contributed by atoms with Crippen LogP contribution in [0, 0.1) is 0 Å². The van der Waals surface area contributed by atoms with Gasteiger partial charge in [-0.15, -0.1) is 0 Å². The van der Waals surface area contributed by atoms with Crippen molar-refractivity contribution in [2.45, 2.75) is 18.8 Å². The van der Waals surface area contributed by atoms with Crippen LogP contribution in [-0.2, 0) is 16.4 Å². The van der Waals surface area contributed by atoms with Gasteiger partial charge in [-0.3, -0.25) is 0 Å². The van der Waals surface area contributed by atoms with Crippen molar-refractivity contribution in [3.63, 3.8) is 0 Å². The Hall–Kier alpha value is -0.790. The number of hydrogen-bond acceptors (Lipinski definition) is 6. The summed E-state index contributed by atoms with van der Waals surface area (Å²) in [4.78, 5) is 6.51. The third-order valence-corrected chi connectivity index (χ3v) is 6.63.